The van der Waals surface area contributed by atoms with Crippen molar-refractivity contribution in [2.24, 2.45) is 0 Å². The first-order valence-corrected chi connectivity index (χ1v) is 7.89. The number of carbonyl (C=O) groups excluding carboxylic acids is 1. The molecule has 27 heavy (non-hydrogen) atoms. The Balaban J connectivity index is 2.31. The van der Waals surface area contributed by atoms with E-state index in [-0.39, 0.29) is 11.7 Å². The van der Waals surface area contributed by atoms with Crippen molar-refractivity contribution < 1.29 is 23.9 Å². The fourth-order valence-corrected chi connectivity index (χ4v) is 2.50. The van der Waals surface area contributed by atoms with Crippen LogP contribution in [0.15, 0.2) is 36.4 Å². The zero-order chi connectivity index (χ0) is 20.1. The van der Waals surface area contributed by atoms with Crippen molar-refractivity contribution in [2.75, 3.05) is 45.2 Å². The summed E-state index contributed by atoms with van der Waals surface area (Å²) in [6, 6.07) is 8.68. The van der Waals surface area contributed by atoms with Crippen LogP contribution in [-0.2, 0) is 0 Å². The average molecular weight is 375 g/mol. The Morgan fingerprint density at radius 1 is 0.889 bits per heavy atom. The number of ether oxygens (including phenoxy) is 3. The third-order valence-corrected chi connectivity index (χ3v) is 4.06. The molecular weight excluding hydrogens is 354 g/mol. The van der Waals surface area contributed by atoms with Crippen LogP contribution in [0, 0.1) is 10.1 Å². The van der Waals surface area contributed by atoms with Gasteiger partial charge >= 0.3 is 6.03 Å². The maximum absolute atomic E-state index is 12.8. The lowest BCUT2D eigenvalue weighted by Gasteiger charge is -2.26. The van der Waals surface area contributed by atoms with E-state index in [1.54, 1.807) is 26.2 Å². The van der Waals surface area contributed by atoms with E-state index >= 15 is 0 Å². The van der Waals surface area contributed by atoms with Crippen LogP contribution in [0.5, 0.6) is 17.2 Å². The molecule has 0 aromatic heterocycles. The second-order valence-electron chi connectivity index (χ2n) is 5.56. The van der Waals surface area contributed by atoms with Crippen molar-refractivity contribution in [1.82, 2.24) is 0 Å². The molecule has 0 fully saturated rings. The highest BCUT2D eigenvalue weighted by Crippen LogP contribution is 2.41. The van der Waals surface area contributed by atoms with Crippen molar-refractivity contribution in [3.63, 3.8) is 0 Å². The minimum absolute atomic E-state index is 0.0439. The molecule has 9 heteroatoms. The summed E-state index contributed by atoms with van der Waals surface area (Å²) in [7, 11) is 7.66. The molecule has 0 bridgehead atoms. The SMILES string of the molecule is COc1cc(N(C)C(=O)N(C)c2ccc([N+](=O)[O-])cc2)cc(OC)c1OC. The third-order valence-electron chi connectivity index (χ3n) is 4.06. The maximum Gasteiger partial charge on any atom is 0.328 e. The van der Waals surface area contributed by atoms with Gasteiger partial charge < -0.3 is 14.2 Å². The summed E-state index contributed by atoms with van der Waals surface area (Å²) in [5, 5.41) is 10.8. The smallest absolute Gasteiger partial charge is 0.328 e. The highest BCUT2D eigenvalue weighted by atomic mass is 16.6. The number of amides is 2. The predicted molar refractivity (Wildman–Crippen MR) is 101 cm³/mol. The summed E-state index contributed by atoms with van der Waals surface area (Å²) in [6.07, 6.45) is 0. The molecule has 0 saturated carbocycles. The molecule has 0 heterocycles. The molecule has 0 aliphatic heterocycles. The topological polar surface area (TPSA) is 94.4 Å². The lowest BCUT2D eigenvalue weighted by atomic mass is 10.2. The van der Waals surface area contributed by atoms with E-state index in [1.165, 1.54) is 55.4 Å². The molecule has 144 valence electrons. The van der Waals surface area contributed by atoms with Gasteiger partial charge in [0.15, 0.2) is 11.5 Å². The Bertz CT molecular complexity index is 812. The Morgan fingerprint density at radius 3 is 1.78 bits per heavy atom. The van der Waals surface area contributed by atoms with Gasteiger partial charge in [-0.3, -0.25) is 19.9 Å². The number of hydrogen-bond acceptors (Lipinski definition) is 6. The van der Waals surface area contributed by atoms with Crippen LogP contribution < -0.4 is 24.0 Å². The first-order valence-electron chi connectivity index (χ1n) is 7.89. The highest BCUT2D eigenvalue weighted by molar-refractivity contribution is 6.03. The number of nitro groups is 1. The monoisotopic (exact) mass is 375 g/mol. The normalized spacial score (nSPS) is 10.1. The number of urea groups is 1. The van der Waals surface area contributed by atoms with E-state index in [4.69, 9.17) is 14.2 Å². The standard InChI is InChI=1S/C18H21N3O6/c1-19(12-6-8-13(9-7-12)21(23)24)18(22)20(2)14-10-15(25-3)17(27-5)16(11-14)26-4/h6-11H,1-5H3. The Labute approximate surface area is 156 Å². The molecule has 2 aromatic rings. The van der Waals surface area contributed by atoms with Gasteiger partial charge in [0.25, 0.3) is 5.69 Å². The van der Waals surface area contributed by atoms with Gasteiger partial charge in [0.2, 0.25) is 5.75 Å². The molecule has 0 N–H and O–H groups in total. The largest absolute Gasteiger partial charge is 0.493 e. The number of nitrogens with zero attached hydrogens (tertiary/aromatic N) is 3. The van der Waals surface area contributed by atoms with E-state index in [2.05, 4.69) is 0 Å². The van der Waals surface area contributed by atoms with Crippen molar-refractivity contribution in [2.45, 2.75) is 0 Å². The highest BCUT2D eigenvalue weighted by Gasteiger charge is 2.21. The average Bonchev–Trinajstić information content (AvgIpc) is 2.70. The van der Waals surface area contributed by atoms with Crippen molar-refractivity contribution >= 4 is 23.1 Å². The summed E-state index contributed by atoms with van der Waals surface area (Å²) in [5.74, 6) is 1.27. The van der Waals surface area contributed by atoms with Crippen LogP contribution in [-0.4, -0.2) is 46.4 Å². The minimum atomic E-state index is -0.492. The summed E-state index contributed by atoms with van der Waals surface area (Å²) in [4.78, 5) is 25.9. The summed E-state index contributed by atoms with van der Waals surface area (Å²) in [6.45, 7) is 0. The minimum Gasteiger partial charge on any atom is -0.493 e. The lowest BCUT2D eigenvalue weighted by Crippen LogP contribution is -2.38. The number of methoxy groups -OCH3 is 3. The van der Waals surface area contributed by atoms with E-state index in [0.29, 0.717) is 28.6 Å². The van der Waals surface area contributed by atoms with Crippen molar-refractivity contribution in [3.05, 3.63) is 46.5 Å². The molecule has 2 rings (SSSR count). The molecule has 0 spiro atoms. The van der Waals surface area contributed by atoms with Gasteiger partial charge in [-0.25, -0.2) is 4.79 Å². The van der Waals surface area contributed by atoms with Gasteiger partial charge in [0, 0.05) is 44.0 Å². The molecule has 0 unspecified atom stereocenters. The zero-order valence-electron chi connectivity index (χ0n) is 15.8. The van der Waals surface area contributed by atoms with Crippen LogP contribution in [0.3, 0.4) is 0 Å². The number of benzene rings is 2. The quantitative estimate of drug-likeness (QED) is 0.568. The van der Waals surface area contributed by atoms with Gasteiger partial charge in [-0.15, -0.1) is 0 Å². The Kier molecular flexibility index (Phi) is 6.07. The number of rotatable bonds is 6. The molecular formula is C18H21N3O6. The number of anilines is 2. The van der Waals surface area contributed by atoms with Gasteiger partial charge in [0.1, 0.15) is 0 Å². The fraction of sp³-hybridized carbons (Fsp3) is 0.278. The van der Waals surface area contributed by atoms with Gasteiger partial charge in [0.05, 0.1) is 31.9 Å². The second-order valence-corrected chi connectivity index (χ2v) is 5.56. The molecule has 2 aromatic carbocycles. The van der Waals surface area contributed by atoms with Crippen molar-refractivity contribution in [3.8, 4) is 17.2 Å². The zero-order valence-corrected chi connectivity index (χ0v) is 15.8. The van der Waals surface area contributed by atoms with Crippen LogP contribution in [0.4, 0.5) is 21.9 Å². The Morgan fingerprint density at radius 2 is 1.37 bits per heavy atom. The first kappa shape index (κ1) is 19.8. The number of nitro benzene ring substituents is 1. The molecule has 0 radical (unpaired) electrons. The van der Waals surface area contributed by atoms with Crippen LogP contribution >= 0.6 is 0 Å². The number of carbonyl (C=O) groups is 1. The summed E-state index contributed by atoms with van der Waals surface area (Å²) in [5.41, 5.74) is 1.01. The van der Waals surface area contributed by atoms with Gasteiger partial charge in [-0.2, -0.15) is 0 Å². The van der Waals surface area contributed by atoms with Gasteiger partial charge in [-0.05, 0) is 12.1 Å². The Hall–Kier alpha value is -3.49. The number of hydrogen-bond donors (Lipinski definition) is 0. The molecule has 2 amide bonds. The van der Waals surface area contributed by atoms with Crippen molar-refractivity contribution in [1.29, 1.82) is 0 Å². The van der Waals surface area contributed by atoms with E-state index in [9.17, 15) is 14.9 Å². The lowest BCUT2D eigenvalue weighted by molar-refractivity contribution is -0.384. The third kappa shape index (κ3) is 4.02. The molecule has 0 saturated heterocycles. The second kappa shape index (κ2) is 8.26. The van der Waals surface area contributed by atoms with E-state index in [0.717, 1.165) is 0 Å². The van der Waals surface area contributed by atoms with Gasteiger partial charge in [-0.1, -0.05) is 0 Å². The van der Waals surface area contributed by atoms with Crippen LogP contribution in [0.2, 0.25) is 0 Å². The van der Waals surface area contributed by atoms with E-state index < -0.39 is 4.92 Å². The predicted octanol–water partition coefficient (Wildman–Crippen LogP) is 3.31. The molecule has 0 aliphatic rings. The van der Waals surface area contributed by atoms with Crippen LogP contribution in [0.25, 0.3) is 0 Å². The molecule has 9 nitrogen and oxygen atoms in total. The molecule has 0 atom stereocenters. The van der Waals surface area contributed by atoms with E-state index in [1.807, 2.05) is 0 Å². The summed E-state index contributed by atoms with van der Waals surface area (Å²) >= 11 is 0. The molecule has 0 aliphatic carbocycles. The van der Waals surface area contributed by atoms with Crippen LogP contribution in [0.1, 0.15) is 0 Å². The fourth-order valence-electron chi connectivity index (χ4n) is 2.50. The first-order chi connectivity index (χ1) is 12.8. The number of non-ortho nitro benzene ring substituents is 1. The summed E-state index contributed by atoms with van der Waals surface area (Å²) < 4.78 is 15.9. The maximum atomic E-state index is 12.8.